The topological polar surface area (TPSA) is 58.1 Å². The molecule has 7 heteroatoms. The summed E-state index contributed by atoms with van der Waals surface area (Å²) in [5, 5.41) is 0. The number of rotatable bonds is 6. The third-order valence-corrected chi connectivity index (χ3v) is 10.2. The van der Waals surface area contributed by atoms with Crippen LogP contribution < -0.4 is 9.47 Å². The number of amides is 1. The number of aryl methyl sites for hydroxylation is 1. The maximum absolute atomic E-state index is 13.9. The lowest BCUT2D eigenvalue weighted by Gasteiger charge is -2.45. The molecule has 0 saturated carbocycles. The third-order valence-electron chi connectivity index (χ3n) is 10.2. The lowest BCUT2D eigenvalue weighted by Crippen LogP contribution is -2.48. The summed E-state index contributed by atoms with van der Waals surface area (Å²) in [5.41, 5.74) is 4.62. The second-order valence-electron chi connectivity index (χ2n) is 13.4. The number of carbonyl (C=O) groups is 1. The minimum atomic E-state index is 0.151. The van der Waals surface area contributed by atoms with E-state index in [9.17, 15) is 4.79 Å². The zero-order valence-electron chi connectivity index (χ0n) is 27.1. The van der Waals surface area contributed by atoms with Crippen molar-refractivity contribution in [2.24, 2.45) is 5.41 Å². The van der Waals surface area contributed by atoms with Crippen LogP contribution in [0.5, 0.6) is 11.5 Å². The van der Waals surface area contributed by atoms with Crippen LogP contribution in [0.3, 0.4) is 0 Å². The highest BCUT2D eigenvalue weighted by Gasteiger charge is 2.37. The fraction of sp³-hybridized carbons (Fsp3) is 0.526. The molecule has 3 aliphatic rings. The first kappa shape index (κ1) is 31.6. The molecule has 45 heavy (non-hydrogen) atoms. The van der Waals surface area contributed by atoms with Crippen molar-refractivity contribution in [3.8, 4) is 11.5 Å². The standard InChI is InChI=1S/C38H50N4O3/c1-44-35-15-14-33(26-34(35)29-40-20-7-2-8-21-40)37(43)42-22-17-38(18-23-42)16-6-5-12-32-11-3-4-13-36(32)45-25-24-41(30-38)28-31-10-9-19-39-27-31/h3-4,9-11,13-15,19,26-27H,2,5-8,12,16-18,20-25,28-30H2,1H3. The van der Waals surface area contributed by atoms with Crippen molar-refractivity contribution >= 4 is 5.91 Å². The van der Waals surface area contributed by atoms with Gasteiger partial charge in [0.2, 0.25) is 0 Å². The van der Waals surface area contributed by atoms with Gasteiger partial charge in [-0.25, -0.2) is 0 Å². The van der Waals surface area contributed by atoms with Gasteiger partial charge in [0.25, 0.3) is 5.91 Å². The molecule has 6 rings (SSSR count). The van der Waals surface area contributed by atoms with Gasteiger partial charge in [0.1, 0.15) is 18.1 Å². The summed E-state index contributed by atoms with van der Waals surface area (Å²) in [6.07, 6.45) is 14.2. The highest BCUT2D eigenvalue weighted by molar-refractivity contribution is 5.94. The lowest BCUT2D eigenvalue weighted by molar-refractivity contribution is 0.0360. The summed E-state index contributed by atoms with van der Waals surface area (Å²) in [6.45, 7) is 8.06. The van der Waals surface area contributed by atoms with Gasteiger partial charge in [-0.05, 0) is 105 Å². The predicted molar refractivity (Wildman–Crippen MR) is 179 cm³/mol. The molecule has 1 amide bonds. The first-order chi connectivity index (χ1) is 22.1. The van der Waals surface area contributed by atoms with E-state index in [1.807, 2.05) is 30.6 Å². The zero-order valence-corrected chi connectivity index (χ0v) is 27.1. The van der Waals surface area contributed by atoms with Gasteiger partial charge in [0.05, 0.1) is 7.11 Å². The Morgan fingerprint density at radius 1 is 0.867 bits per heavy atom. The van der Waals surface area contributed by atoms with E-state index in [1.165, 1.54) is 43.2 Å². The number of benzene rings is 2. The first-order valence-electron chi connectivity index (χ1n) is 17.1. The van der Waals surface area contributed by atoms with Crippen LogP contribution in [0.2, 0.25) is 0 Å². The second-order valence-corrected chi connectivity index (χ2v) is 13.4. The molecule has 0 N–H and O–H groups in total. The Kier molecular flexibility index (Phi) is 10.7. The summed E-state index contributed by atoms with van der Waals surface area (Å²) in [5.74, 6) is 2.06. The van der Waals surface area contributed by atoms with Crippen LogP contribution in [0.15, 0.2) is 67.0 Å². The molecule has 0 unspecified atom stereocenters. The van der Waals surface area contributed by atoms with Gasteiger partial charge in [0, 0.05) is 62.8 Å². The van der Waals surface area contributed by atoms with Crippen molar-refractivity contribution in [3.05, 3.63) is 89.2 Å². The fourth-order valence-electron chi connectivity index (χ4n) is 7.64. The van der Waals surface area contributed by atoms with E-state index >= 15 is 0 Å². The predicted octanol–water partition coefficient (Wildman–Crippen LogP) is 6.61. The Morgan fingerprint density at radius 2 is 1.71 bits per heavy atom. The van der Waals surface area contributed by atoms with Crippen molar-refractivity contribution in [2.75, 3.05) is 53.0 Å². The molecule has 2 aromatic carbocycles. The molecule has 3 aliphatic heterocycles. The molecule has 4 heterocycles. The maximum atomic E-state index is 13.9. The summed E-state index contributed by atoms with van der Waals surface area (Å²) in [4.78, 5) is 25.4. The van der Waals surface area contributed by atoms with E-state index in [2.05, 4.69) is 56.1 Å². The highest BCUT2D eigenvalue weighted by Crippen LogP contribution is 2.39. The molecule has 0 aliphatic carbocycles. The van der Waals surface area contributed by atoms with Gasteiger partial charge in [-0.3, -0.25) is 19.6 Å². The van der Waals surface area contributed by atoms with E-state index in [4.69, 9.17) is 9.47 Å². The molecule has 1 spiro atoms. The van der Waals surface area contributed by atoms with E-state index in [1.54, 1.807) is 7.11 Å². The number of nitrogens with zero attached hydrogens (tertiary/aromatic N) is 4. The van der Waals surface area contributed by atoms with Gasteiger partial charge >= 0.3 is 0 Å². The number of para-hydroxylation sites is 1. The van der Waals surface area contributed by atoms with Gasteiger partial charge < -0.3 is 14.4 Å². The van der Waals surface area contributed by atoms with Gasteiger partial charge in [-0.15, -0.1) is 0 Å². The summed E-state index contributed by atoms with van der Waals surface area (Å²) >= 11 is 0. The Morgan fingerprint density at radius 3 is 2.51 bits per heavy atom. The monoisotopic (exact) mass is 610 g/mol. The maximum Gasteiger partial charge on any atom is 0.253 e. The number of fused-ring (bicyclic) bond motifs is 1. The molecule has 2 saturated heterocycles. The van der Waals surface area contributed by atoms with Crippen molar-refractivity contribution in [2.45, 2.75) is 70.9 Å². The minimum absolute atomic E-state index is 0.151. The summed E-state index contributed by atoms with van der Waals surface area (Å²) < 4.78 is 12.1. The number of hydrogen-bond acceptors (Lipinski definition) is 6. The largest absolute Gasteiger partial charge is 0.496 e. The van der Waals surface area contributed by atoms with E-state index in [0.29, 0.717) is 6.61 Å². The number of pyridine rings is 1. The van der Waals surface area contributed by atoms with Crippen molar-refractivity contribution in [1.29, 1.82) is 0 Å². The lowest BCUT2D eigenvalue weighted by atomic mass is 9.73. The molecule has 240 valence electrons. The number of aromatic nitrogens is 1. The van der Waals surface area contributed by atoms with E-state index < -0.39 is 0 Å². The number of likely N-dealkylation sites (tertiary alicyclic amines) is 2. The molecular formula is C38H50N4O3. The van der Waals surface area contributed by atoms with Crippen molar-refractivity contribution in [3.63, 3.8) is 0 Å². The van der Waals surface area contributed by atoms with Crippen molar-refractivity contribution < 1.29 is 14.3 Å². The molecule has 3 aromatic rings. The fourth-order valence-corrected chi connectivity index (χ4v) is 7.64. The third kappa shape index (κ3) is 8.25. The molecular weight excluding hydrogens is 560 g/mol. The number of hydrogen-bond donors (Lipinski definition) is 0. The molecule has 0 radical (unpaired) electrons. The zero-order chi connectivity index (χ0) is 30.9. The molecule has 1 aromatic heterocycles. The van der Waals surface area contributed by atoms with Crippen molar-refractivity contribution in [1.82, 2.24) is 19.7 Å². The van der Waals surface area contributed by atoms with E-state index in [0.717, 1.165) is 101 Å². The normalized spacial score (nSPS) is 20.0. The van der Waals surface area contributed by atoms with Crippen LogP contribution in [-0.2, 0) is 19.5 Å². The minimum Gasteiger partial charge on any atom is -0.496 e. The number of piperidine rings is 2. The SMILES string of the molecule is COc1ccc(C(=O)N2CCC3(CCCCc4ccccc4OCCN(Cc4cccnc4)C3)CC2)cc1CN1CCCCC1. The Balaban J connectivity index is 1.15. The van der Waals surface area contributed by atoms with Crippen LogP contribution in [0.1, 0.15) is 78.4 Å². The van der Waals surface area contributed by atoms with Crippen LogP contribution in [0.4, 0.5) is 0 Å². The second kappa shape index (κ2) is 15.2. The van der Waals surface area contributed by atoms with Crippen LogP contribution in [-0.4, -0.2) is 78.6 Å². The summed E-state index contributed by atoms with van der Waals surface area (Å²) in [7, 11) is 1.73. The van der Waals surface area contributed by atoms with Crippen LogP contribution >= 0.6 is 0 Å². The van der Waals surface area contributed by atoms with Crippen LogP contribution in [0, 0.1) is 5.41 Å². The Hall–Kier alpha value is -3.42. The number of carbonyl (C=O) groups excluding carboxylic acids is 1. The van der Waals surface area contributed by atoms with Gasteiger partial charge in [-0.2, -0.15) is 0 Å². The van der Waals surface area contributed by atoms with Crippen LogP contribution in [0.25, 0.3) is 0 Å². The molecule has 0 atom stereocenters. The Bertz CT molecular complexity index is 1380. The molecule has 2 fully saturated rings. The smallest absolute Gasteiger partial charge is 0.253 e. The average Bonchev–Trinajstić information content (AvgIpc) is 3.08. The van der Waals surface area contributed by atoms with E-state index in [-0.39, 0.29) is 11.3 Å². The molecule has 0 bridgehead atoms. The highest BCUT2D eigenvalue weighted by atomic mass is 16.5. The summed E-state index contributed by atoms with van der Waals surface area (Å²) in [6, 6.07) is 18.7. The Labute approximate surface area is 269 Å². The quantitative estimate of drug-likeness (QED) is 0.313. The first-order valence-corrected chi connectivity index (χ1v) is 17.1. The number of methoxy groups -OCH3 is 1. The van der Waals surface area contributed by atoms with Gasteiger partial charge in [0.15, 0.2) is 0 Å². The molecule has 7 nitrogen and oxygen atoms in total. The van der Waals surface area contributed by atoms with Gasteiger partial charge in [-0.1, -0.05) is 37.1 Å². The number of ether oxygens (including phenoxy) is 2. The average molecular weight is 611 g/mol.